The highest BCUT2D eigenvalue weighted by Crippen LogP contribution is 2.46. The summed E-state index contributed by atoms with van der Waals surface area (Å²) in [6.45, 7) is 8.45. The molecule has 0 aliphatic carbocycles. The van der Waals surface area contributed by atoms with Crippen molar-refractivity contribution in [3.05, 3.63) is 29.3 Å². The van der Waals surface area contributed by atoms with Crippen molar-refractivity contribution >= 4 is 0 Å². The van der Waals surface area contributed by atoms with E-state index in [0.29, 0.717) is 18.9 Å². The van der Waals surface area contributed by atoms with E-state index in [2.05, 4.69) is 30.9 Å². The van der Waals surface area contributed by atoms with Gasteiger partial charge in [0, 0.05) is 31.5 Å². The molecule has 0 unspecified atom stereocenters. The Morgan fingerprint density at radius 2 is 2.20 bits per heavy atom. The van der Waals surface area contributed by atoms with Gasteiger partial charge in [-0.2, -0.15) is 0 Å². The molecule has 25 heavy (non-hydrogen) atoms. The van der Waals surface area contributed by atoms with Gasteiger partial charge in [0.1, 0.15) is 5.75 Å². The van der Waals surface area contributed by atoms with Crippen molar-refractivity contribution in [2.75, 3.05) is 26.4 Å². The van der Waals surface area contributed by atoms with Gasteiger partial charge in [-0.25, -0.2) is 0 Å². The number of aliphatic hydroxyl groups is 1. The lowest BCUT2D eigenvalue weighted by atomic mass is 9.70. The molecule has 1 aromatic rings. The van der Waals surface area contributed by atoms with E-state index in [4.69, 9.17) is 4.74 Å². The molecule has 1 N–H and O–H groups in total. The third-order valence-electron chi connectivity index (χ3n) is 5.94. The van der Waals surface area contributed by atoms with Crippen molar-refractivity contribution in [2.45, 2.75) is 58.1 Å². The van der Waals surface area contributed by atoms with Crippen LogP contribution in [0.2, 0.25) is 0 Å². The zero-order chi connectivity index (χ0) is 18.0. The average Bonchev–Trinajstić information content (AvgIpc) is 2.55. The molecule has 0 amide bonds. The number of alkyl halides is 1. The van der Waals surface area contributed by atoms with E-state index in [-0.39, 0.29) is 18.4 Å². The zero-order valence-corrected chi connectivity index (χ0v) is 15.8. The quantitative estimate of drug-likeness (QED) is 0.838. The van der Waals surface area contributed by atoms with E-state index in [1.54, 1.807) is 0 Å². The summed E-state index contributed by atoms with van der Waals surface area (Å²) in [5, 5.41) is 11.3. The molecule has 0 bridgehead atoms. The number of hydrogen-bond donors (Lipinski definition) is 1. The number of rotatable bonds is 6. The Morgan fingerprint density at radius 1 is 1.40 bits per heavy atom. The molecule has 2 aliphatic heterocycles. The molecule has 1 saturated heterocycles. The second-order valence-corrected chi connectivity index (χ2v) is 8.13. The number of fused-ring (bicyclic) bond motifs is 3. The molecule has 3 atom stereocenters. The first kappa shape index (κ1) is 18.7. The van der Waals surface area contributed by atoms with Crippen LogP contribution in [0.4, 0.5) is 4.39 Å². The van der Waals surface area contributed by atoms with Gasteiger partial charge >= 0.3 is 0 Å². The van der Waals surface area contributed by atoms with E-state index in [9.17, 15) is 9.50 Å². The fourth-order valence-electron chi connectivity index (χ4n) is 4.74. The first-order valence-electron chi connectivity index (χ1n) is 9.75. The standard InChI is InChI=1S/C21H32FNO2/c1-4-25-18-5-6-19-16(12-18)7-10-23-14-17(11-15(2)3)21(24,8-9-22)13-20(19)23/h5-6,12,15,17,20,24H,4,7-11,13-14H2,1-3H3/t17-,20-,21-/m1/s1. The highest BCUT2D eigenvalue weighted by Gasteiger charge is 2.47. The lowest BCUT2D eigenvalue weighted by Crippen LogP contribution is -2.55. The van der Waals surface area contributed by atoms with Gasteiger partial charge < -0.3 is 9.84 Å². The lowest BCUT2D eigenvalue weighted by Gasteiger charge is -2.51. The zero-order valence-electron chi connectivity index (χ0n) is 15.8. The van der Waals surface area contributed by atoms with Gasteiger partial charge in [-0.05, 0) is 55.4 Å². The third-order valence-corrected chi connectivity index (χ3v) is 5.94. The Morgan fingerprint density at radius 3 is 2.88 bits per heavy atom. The summed E-state index contributed by atoms with van der Waals surface area (Å²) in [5.74, 6) is 1.59. The van der Waals surface area contributed by atoms with Gasteiger partial charge in [0.2, 0.25) is 0 Å². The normalized spacial score (nSPS) is 29.4. The van der Waals surface area contributed by atoms with Gasteiger partial charge in [-0.1, -0.05) is 19.9 Å². The average molecular weight is 349 g/mol. The van der Waals surface area contributed by atoms with Gasteiger partial charge in [0.05, 0.1) is 18.9 Å². The molecule has 3 rings (SSSR count). The Hall–Kier alpha value is -1.13. The van der Waals surface area contributed by atoms with E-state index in [0.717, 1.165) is 31.7 Å². The number of hydrogen-bond acceptors (Lipinski definition) is 3. The van der Waals surface area contributed by atoms with Crippen molar-refractivity contribution < 1.29 is 14.2 Å². The Balaban J connectivity index is 1.87. The summed E-state index contributed by atoms with van der Waals surface area (Å²) >= 11 is 0. The Labute approximate surface area is 151 Å². The fraction of sp³-hybridized carbons (Fsp3) is 0.714. The molecular weight excluding hydrogens is 317 g/mol. The van der Waals surface area contributed by atoms with Gasteiger partial charge in [-0.15, -0.1) is 0 Å². The molecule has 1 fully saturated rings. The minimum Gasteiger partial charge on any atom is -0.494 e. The predicted octanol–water partition coefficient (Wildman–Crippen LogP) is 4.14. The number of ether oxygens (including phenoxy) is 1. The van der Waals surface area contributed by atoms with Crippen molar-refractivity contribution in [1.29, 1.82) is 0 Å². The highest BCUT2D eigenvalue weighted by molar-refractivity contribution is 5.40. The molecule has 0 radical (unpaired) electrons. The number of halogens is 1. The molecule has 0 spiro atoms. The topological polar surface area (TPSA) is 32.7 Å². The summed E-state index contributed by atoms with van der Waals surface area (Å²) < 4.78 is 18.8. The minimum atomic E-state index is -0.895. The summed E-state index contributed by atoms with van der Waals surface area (Å²) in [4.78, 5) is 2.50. The predicted molar refractivity (Wildman–Crippen MR) is 98.7 cm³/mol. The molecule has 2 heterocycles. The first-order valence-corrected chi connectivity index (χ1v) is 9.75. The van der Waals surface area contributed by atoms with E-state index in [1.807, 2.05) is 13.0 Å². The molecule has 3 nitrogen and oxygen atoms in total. The maximum Gasteiger partial charge on any atom is 0.119 e. The lowest BCUT2D eigenvalue weighted by molar-refractivity contribution is -0.110. The maximum absolute atomic E-state index is 13.2. The molecule has 0 aromatic heterocycles. The number of piperidine rings is 1. The van der Waals surface area contributed by atoms with Crippen LogP contribution in [-0.4, -0.2) is 42.0 Å². The summed E-state index contributed by atoms with van der Waals surface area (Å²) in [5.41, 5.74) is 1.71. The minimum absolute atomic E-state index is 0.156. The van der Waals surface area contributed by atoms with E-state index >= 15 is 0 Å². The molecule has 4 heteroatoms. The van der Waals surface area contributed by atoms with Crippen LogP contribution in [0.5, 0.6) is 5.75 Å². The van der Waals surface area contributed by atoms with Crippen molar-refractivity contribution in [2.24, 2.45) is 11.8 Å². The van der Waals surface area contributed by atoms with Gasteiger partial charge in [0.15, 0.2) is 0 Å². The maximum atomic E-state index is 13.2. The second-order valence-electron chi connectivity index (χ2n) is 8.13. The van der Waals surface area contributed by atoms with Crippen LogP contribution in [0.3, 0.4) is 0 Å². The first-order chi connectivity index (χ1) is 12.0. The van der Waals surface area contributed by atoms with E-state index < -0.39 is 12.3 Å². The van der Waals surface area contributed by atoms with E-state index in [1.165, 1.54) is 11.1 Å². The Kier molecular flexibility index (Phi) is 5.69. The smallest absolute Gasteiger partial charge is 0.119 e. The fourth-order valence-corrected chi connectivity index (χ4v) is 4.74. The summed E-state index contributed by atoms with van der Waals surface area (Å²) in [6, 6.07) is 6.51. The largest absolute Gasteiger partial charge is 0.494 e. The van der Waals surface area contributed by atoms with Crippen molar-refractivity contribution in [1.82, 2.24) is 4.90 Å². The monoisotopic (exact) mass is 349 g/mol. The van der Waals surface area contributed by atoms with Crippen LogP contribution in [0.15, 0.2) is 18.2 Å². The SMILES string of the molecule is CCOc1ccc2c(c1)CCN1C[C@@H](CC(C)C)[C@@](O)(CCF)C[C@H]21. The molecular formula is C21H32FNO2. The molecule has 0 saturated carbocycles. The van der Waals surface area contributed by atoms with Crippen LogP contribution in [0.25, 0.3) is 0 Å². The summed E-state index contributed by atoms with van der Waals surface area (Å²) in [6.07, 6.45) is 2.86. The molecule has 1 aromatic carbocycles. The summed E-state index contributed by atoms with van der Waals surface area (Å²) in [7, 11) is 0. The third kappa shape index (κ3) is 3.85. The Bertz CT molecular complexity index is 591. The van der Waals surface area contributed by atoms with Crippen molar-refractivity contribution in [3.63, 3.8) is 0 Å². The number of nitrogens with zero attached hydrogens (tertiary/aromatic N) is 1. The molecule has 2 aliphatic rings. The van der Waals surface area contributed by atoms with Crippen molar-refractivity contribution in [3.8, 4) is 5.75 Å². The molecule has 140 valence electrons. The second kappa shape index (κ2) is 7.63. The number of benzene rings is 1. The van der Waals surface area contributed by atoms with Crippen LogP contribution in [0, 0.1) is 11.8 Å². The van der Waals surface area contributed by atoms with Gasteiger partial charge in [0.25, 0.3) is 0 Å². The van der Waals surface area contributed by atoms with Gasteiger partial charge in [-0.3, -0.25) is 9.29 Å². The van der Waals surface area contributed by atoms with Crippen LogP contribution in [0.1, 0.15) is 57.2 Å². The highest BCUT2D eigenvalue weighted by atomic mass is 19.1. The van der Waals surface area contributed by atoms with Crippen LogP contribution in [-0.2, 0) is 6.42 Å². The van der Waals surface area contributed by atoms with Crippen LogP contribution < -0.4 is 4.74 Å². The van der Waals surface area contributed by atoms with Crippen LogP contribution >= 0.6 is 0 Å².